The van der Waals surface area contributed by atoms with Crippen LogP contribution in [0, 0.1) is 0 Å². The minimum atomic E-state index is -0.526. The molecule has 0 spiro atoms. The maximum atomic E-state index is 10.9. The van der Waals surface area contributed by atoms with Gasteiger partial charge in [-0.1, -0.05) is 34.1 Å². The lowest BCUT2D eigenvalue weighted by Gasteiger charge is -2.04. The van der Waals surface area contributed by atoms with Crippen molar-refractivity contribution in [1.82, 2.24) is 5.32 Å². The summed E-state index contributed by atoms with van der Waals surface area (Å²) in [6.07, 6.45) is 0.709. The van der Waals surface area contributed by atoms with Crippen LogP contribution in [0.3, 0.4) is 0 Å². The van der Waals surface area contributed by atoms with E-state index in [0.29, 0.717) is 13.0 Å². The van der Waals surface area contributed by atoms with Gasteiger partial charge in [0.1, 0.15) is 0 Å². The van der Waals surface area contributed by atoms with Crippen molar-refractivity contribution in [3.63, 3.8) is 0 Å². The number of hydrogen-bond donors (Lipinski definition) is 1. The fourth-order valence-electron chi connectivity index (χ4n) is 1.14. The molecule has 4 heteroatoms. The molecule has 0 aromatic heterocycles. The molecule has 80 valence electrons. The molecule has 0 aliphatic carbocycles. The van der Waals surface area contributed by atoms with Gasteiger partial charge in [-0.05, 0) is 18.1 Å². The number of ketones is 1. The standard InChI is InChI=1S/C11H12BrNO2/c1-8(14)11(15)13-7-6-9-4-2-3-5-10(9)12/h2-5H,6-7H2,1H3,(H,13,15). The minimum absolute atomic E-state index is 0.456. The van der Waals surface area contributed by atoms with Crippen LogP contribution in [0.25, 0.3) is 0 Å². The van der Waals surface area contributed by atoms with Crippen molar-refractivity contribution in [2.45, 2.75) is 13.3 Å². The predicted molar refractivity (Wildman–Crippen MR) is 61.5 cm³/mol. The largest absolute Gasteiger partial charge is 0.349 e. The van der Waals surface area contributed by atoms with Crippen molar-refractivity contribution in [3.05, 3.63) is 34.3 Å². The highest BCUT2D eigenvalue weighted by molar-refractivity contribution is 9.10. The van der Waals surface area contributed by atoms with Crippen molar-refractivity contribution in [1.29, 1.82) is 0 Å². The highest BCUT2D eigenvalue weighted by Crippen LogP contribution is 2.15. The zero-order valence-corrected chi connectivity index (χ0v) is 10.0. The molecule has 0 saturated carbocycles. The fraction of sp³-hybridized carbons (Fsp3) is 0.273. The molecule has 0 aliphatic rings. The summed E-state index contributed by atoms with van der Waals surface area (Å²) in [5, 5.41) is 2.55. The van der Waals surface area contributed by atoms with E-state index in [0.717, 1.165) is 10.0 Å². The molecular weight excluding hydrogens is 258 g/mol. The molecule has 15 heavy (non-hydrogen) atoms. The first-order valence-corrected chi connectivity index (χ1v) is 5.42. The van der Waals surface area contributed by atoms with Gasteiger partial charge in [0, 0.05) is 17.9 Å². The van der Waals surface area contributed by atoms with Crippen LogP contribution >= 0.6 is 15.9 Å². The lowest BCUT2D eigenvalue weighted by atomic mass is 10.1. The Bertz CT molecular complexity index is 377. The first-order valence-electron chi connectivity index (χ1n) is 4.63. The van der Waals surface area contributed by atoms with E-state index in [1.165, 1.54) is 6.92 Å². The quantitative estimate of drug-likeness (QED) is 0.846. The van der Waals surface area contributed by atoms with Gasteiger partial charge < -0.3 is 5.32 Å². The molecule has 0 heterocycles. The zero-order chi connectivity index (χ0) is 11.3. The average molecular weight is 270 g/mol. The van der Waals surface area contributed by atoms with Crippen molar-refractivity contribution < 1.29 is 9.59 Å². The normalized spacial score (nSPS) is 9.73. The smallest absolute Gasteiger partial charge is 0.287 e. The number of hydrogen-bond acceptors (Lipinski definition) is 2. The zero-order valence-electron chi connectivity index (χ0n) is 8.42. The Morgan fingerprint density at radius 1 is 1.33 bits per heavy atom. The maximum absolute atomic E-state index is 10.9. The van der Waals surface area contributed by atoms with Gasteiger partial charge in [-0.25, -0.2) is 0 Å². The third kappa shape index (κ3) is 3.83. The molecule has 0 radical (unpaired) electrons. The van der Waals surface area contributed by atoms with Gasteiger partial charge >= 0.3 is 0 Å². The molecule has 0 saturated heterocycles. The van der Waals surface area contributed by atoms with Crippen molar-refractivity contribution in [3.8, 4) is 0 Å². The van der Waals surface area contributed by atoms with Crippen molar-refractivity contribution in [2.24, 2.45) is 0 Å². The van der Waals surface area contributed by atoms with Gasteiger partial charge in [0.05, 0.1) is 0 Å². The Balaban J connectivity index is 2.42. The van der Waals surface area contributed by atoms with Crippen molar-refractivity contribution in [2.75, 3.05) is 6.54 Å². The molecule has 0 fully saturated rings. The molecule has 0 bridgehead atoms. The van der Waals surface area contributed by atoms with E-state index < -0.39 is 11.7 Å². The Kier molecular flexibility index (Phi) is 4.49. The topological polar surface area (TPSA) is 46.2 Å². The first-order chi connectivity index (χ1) is 7.11. The number of halogens is 1. The van der Waals surface area contributed by atoms with Crippen molar-refractivity contribution >= 4 is 27.6 Å². The summed E-state index contributed by atoms with van der Waals surface area (Å²) in [5.74, 6) is -0.982. The second-order valence-electron chi connectivity index (χ2n) is 3.15. The summed E-state index contributed by atoms with van der Waals surface area (Å²) in [7, 11) is 0. The number of benzene rings is 1. The van der Waals surface area contributed by atoms with Crippen LogP contribution in [0.4, 0.5) is 0 Å². The third-order valence-corrected chi connectivity index (χ3v) is 2.73. The number of carbonyl (C=O) groups excluding carboxylic acids is 2. The molecule has 1 N–H and O–H groups in total. The lowest BCUT2D eigenvalue weighted by molar-refractivity contribution is -0.136. The van der Waals surface area contributed by atoms with E-state index in [1.54, 1.807) is 0 Å². The monoisotopic (exact) mass is 269 g/mol. The van der Waals surface area contributed by atoms with Crippen LogP contribution in [0.5, 0.6) is 0 Å². The highest BCUT2D eigenvalue weighted by Gasteiger charge is 2.06. The van der Waals surface area contributed by atoms with E-state index in [2.05, 4.69) is 21.2 Å². The fourth-order valence-corrected chi connectivity index (χ4v) is 1.62. The highest BCUT2D eigenvalue weighted by atomic mass is 79.9. The number of amides is 1. The summed E-state index contributed by atoms with van der Waals surface area (Å²) in [6.45, 7) is 1.73. The Hall–Kier alpha value is -1.16. The maximum Gasteiger partial charge on any atom is 0.287 e. The van der Waals surface area contributed by atoms with E-state index in [1.807, 2.05) is 24.3 Å². The molecule has 3 nitrogen and oxygen atoms in total. The van der Waals surface area contributed by atoms with Gasteiger partial charge in [-0.15, -0.1) is 0 Å². The molecule has 1 amide bonds. The summed E-state index contributed by atoms with van der Waals surface area (Å²) in [5.41, 5.74) is 1.11. The summed E-state index contributed by atoms with van der Waals surface area (Å²) in [6, 6.07) is 7.79. The molecule has 1 aromatic rings. The molecular formula is C11H12BrNO2. The van der Waals surface area contributed by atoms with Crippen LogP contribution in [0.15, 0.2) is 28.7 Å². The van der Waals surface area contributed by atoms with E-state index in [-0.39, 0.29) is 0 Å². The number of carbonyl (C=O) groups is 2. The summed E-state index contributed by atoms with van der Waals surface area (Å²) in [4.78, 5) is 21.6. The second-order valence-corrected chi connectivity index (χ2v) is 4.01. The third-order valence-electron chi connectivity index (χ3n) is 1.96. The summed E-state index contributed by atoms with van der Waals surface area (Å²) >= 11 is 3.41. The van der Waals surface area contributed by atoms with Crippen LogP contribution in [-0.4, -0.2) is 18.2 Å². The van der Waals surface area contributed by atoms with Gasteiger partial charge in [-0.2, -0.15) is 0 Å². The van der Waals surface area contributed by atoms with E-state index in [4.69, 9.17) is 0 Å². The molecule has 0 aliphatic heterocycles. The SMILES string of the molecule is CC(=O)C(=O)NCCc1ccccc1Br. The Morgan fingerprint density at radius 2 is 2.00 bits per heavy atom. The minimum Gasteiger partial charge on any atom is -0.349 e. The predicted octanol–water partition coefficient (Wildman–Crippen LogP) is 1.70. The second kappa shape index (κ2) is 5.66. The van der Waals surface area contributed by atoms with Gasteiger partial charge in [0.25, 0.3) is 5.91 Å². The first kappa shape index (κ1) is 11.9. The Morgan fingerprint density at radius 3 is 2.60 bits per heavy atom. The average Bonchev–Trinajstić information content (AvgIpc) is 2.20. The molecule has 1 rings (SSSR count). The summed E-state index contributed by atoms with van der Waals surface area (Å²) < 4.78 is 1.02. The molecule has 0 atom stereocenters. The van der Waals surface area contributed by atoms with E-state index >= 15 is 0 Å². The van der Waals surface area contributed by atoms with E-state index in [9.17, 15) is 9.59 Å². The van der Waals surface area contributed by atoms with Crippen LogP contribution in [0.1, 0.15) is 12.5 Å². The van der Waals surface area contributed by atoms with Crippen LogP contribution < -0.4 is 5.32 Å². The molecule has 1 aromatic carbocycles. The van der Waals surface area contributed by atoms with Crippen LogP contribution in [-0.2, 0) is 16.0 Å². The van der Waals surface area contributed by atoms with Gasteiger partial charge in [0.2, 0.25) is 5.78 Å². The number of nitrogens with one attached hydrogen (secondary N) is 1. The number of Topliss-reactive ketones (excluding diaryl/α,β-unsaturated/α-hetero) is 1. The van der Waals surface area contributed by atoms with Gasteiger partial charge in [0.15, 0.2) is 0 Å². The number of rotatable bonds is 4. The van der Waals surface area contributed by atoms with Crippen LogP contribution in [0.2, 0.25) is 0 Å². The lowest BCUT2D eigenvalue weighted by Crippen LogP contribution is -2.30. The van der Waals surface area contributed by atoms with Gasteiger partial charge in [-0.3, -0.25) is 9.59 Å². The Labute approximate surface area is 97.0 Å². The molecule has 0 unspecified atom stereocenters.